The van der Waals surface area contributed by atoms with Gasteiger partial charge >= 0.3 is 51.4 Å². The third kappa shape index (κ3) is 10.5. The summed E-state index contributed by atoms with van der Waals surface area (Å²) < 4.78 is 27.6. The van der Waals surface area contributed by atoms with Gasteiger partial charge in [-0.2, -0.15) is 8.42 Å². The second kappa shape index (κ2) is 5.34. The van der Waals surface area contributed by atoms with Crippen LogP contribution in [0.1, 0.15) is 14.8 Å². The fourth-order valence-electron chi connectivity index (χ4n) is 0.258. The molecule has 0 aromatic heterocycles. The van der Waals surface area contributed by atoms with Crippen LogP contribution in [0.25, 0.3) is 0 Å². The summed E-state index contributed by atoms with van der Waals surface area (Å²) in [5, 5.41) is 0. The van der Waals surface area contributed by atoms with E-state index < -0.39 is 10.1 Å². The monoisotopic (exact) mass is 164 g/mol. The zero-order chi connectivity index (χ0) is 5.91. The van der Waals surface area contributed by atoms with E-state index in [0.29, 0.717) is 6.42 Å². The van der Waals surface area contributed by atoms with Crippen LogP contribution in [0, 0.1) is 0 Å². The van der Waals surface area contributed by atoms with Gasteiger partial charge in [0.15, 0.2) is 0 Å². The third-order valence-electron chi connectivity index (χ3n) is 0.462. The molecule has 0 aliphatic heterocycles. The molecular formula is C3H9KO3S. The van der Waals surface area contributed by atoms with Crippen molar-refractivity contribution in [3.8, 4) is 0 Å². The molecule has 0 aromatic rings. The molecule has 46 valence electrons. The van der Waals surface area contributed by atoms with Gasteiger partial charge in [-0.15, -0.1) is 0 Å². The number of hydrogen-bond acceptors (Lipinski definition) is 2. The Morgan fingerprint density at radius 2 is 2.00 bits per heavy atom. The maximum atomic E-state index is 9.79. The van der Waals surface area contributed by atoms with E-state index in [1.54, 1.807) is 6.92 Å². The number of rotatable bonds is 2. The van der Waals surface area contributed by atoms with Crippen molar-refractivity contribution >= 4 is 10.1 Å². The quantitative estimate of drug-likeness (QED) is 0.360. The van der Waals surface area contributed by atoms with Crippen molar-refractivity contribution in [3.63, 3.8) is 0 Å². The summed E-state index contributed by atoms with van der Waals surface area (Å²) in [6, 6.07) is 0. The van der Waals surface area contributed by atoms with Crippen molar-refractivity contribution in [1.82, 2.24) is 0 Å². The standard InChI is InChI=1S/C3H8O3S.K.H/c1-2-3-7(4,5)6;;/h2-3H2,1H3,(H,4,5,6);;/q;+1;-1. The Kier molecular flexibility index (Phi) is 8.17. The normalized spacial score (nSPS) is 10.2. The van der Waals surface area contributed by atoms with Crippen molar-refractivity contribution in [1.29, 1.82) is 0 Å². The summed E-state index contributed by atoms with van der Waals surface area (Å²) in [6.07, 6.45) is 0.471. The second-order valence-electron chi connectivity index (χ2n) is 1.29. The van der Waals surface area contributed by atoms with Crippen LogP contribution < -0.4 is 51.4 Å². The summed E-state index contributed by atoms with van der Waals surface area (Å²) in [7, 11) is -3.67. The van der Waals surface area contributed by atoms with Crippen LogP contribution in [0.2, 0.25) is 0 Å². The first-order chi connectivity index (χ1) is 3.06. The first kappa shape index (κ1) is 12.2. The first-order valence-electron chi connectivity index (χ1n) is 2.01. The summed E-state index contributed by atoms with van der Waals surface area (Å²) in [4.78, 5) is 0. The average molecular weight is 164 g/mol. The molecule has 0 saturated carbocycles. The van der Waals surface area contributed by atoms with E-state index in [4.69, 9.17) is 4.55 Å². The predicted molar refractivity (Wildman–Crippen MR) is 27.8 cm³/mol. The van der Waals surface area contributed by atoms with Crippen LogP contribution in [0.3, 0.4) is 0 Å². The summed E-state index contributed by atoms with van der Waals surface area (Å²) >= 11 is 0. The van der Waals surface area contributed by atoms with Crippen molar-refractivity contribution in [3.05, 3.63) is 0 Å². The van der Waals surface area contributed by atoms with Gasteiger partial charge in [0.1, 0.15) is 0 Å². The molecule has 0 aromatic carbocycles. The van der Waals surface area contributed by atoms with E-state index in [2.05, 4.69) is 0 Å². The van der Waals surface area contributed by atoms with E-state index in [1.165, 1.54) is 0 Å². The molecule has 0 unspecified atom stereocenters. The Morgan fingerprint density at radius 1 is 1.62 bits per heavy atom. The van der Waals surface area contributed by atoms with Gasteiger partial charge in [0.05, 0.1) is 5.75 Å². The molecule has 0 bridgehead atoms. The van der Waals surface area contributed by atoms with Gasteiger partial charge in [0.25, 0.3) is 10.1 Å². The summed E-state index contributed by atoms with van der Waals surface area (Å²) in [5.74, 6) is -0.132. The van der Waals surface area contributed by atoms with Crippen molar-refractivity contribution in [2.24, 2.45) is 0 Å². The molecule has 5 heteroatoms. The Morgan fingerprint density at radius 3 is 2.00 bits per heavy atom. The van der Waals surface area contributed by atoms with E-state index in [-0.39, 0.29) is 58.6 Å². The second-order valence-corrected chi connectivity index (χ2v) is 2.86. The maximum Gasteiger partial charge on any atom is 1.00 e. The van der Waals surface area contributed by atoms with Crippen LogP contribution in [0.5, 0.6) is 0 Å². The molecule has 1 N–H and O–H groups in total. The first-order valence-corrected chi connectivity index (χ1v) is 3.62. The SMILES string of the molecule is CCCS(=O)(=O)O.[H-].[K+]. The zero-order valence-corrected chi connectivity index (χ0v) is 9.03. The van der Waals surface area contributed by atoms with E-state index in [1.807, 2.05) is 0 Å². The molecule has 8 heavy (non-hydrogen) atoms. The summed E-state index contributed by atoms with van der Waals surface area (Å²) in [5.41, 5.74) is 0. The fourth-order valence-corrected chi connectivity index (χ4v) is 0.774. The van der Waals surface area contributed by atoms with E-state index in [9.17, 15) is 8.42 Å². The van der Waals surface area contributed by atoms with Crippen LogP contribution in [0.15, 0.2) is 0 Å². The molecule has 0 heterocycles. The minimum absolute atomic E-state index is 0. The van der Waals surface area contributed by atoms with Crippen LogP contribution >= 0.6 is 0 Å². The third-order valence-corrected chi connectivity index (χ3v) is 1.39. The van der Waals surface area contributed by atoms with Crippen LogP contribution in [-0.4, -0.2) is 18.7 Å². The Labute approximate surface area is 93.5 Å². The largest absolute Gasteiger partial charge is 1.00 e. The Balaban J connectivity index is -0.000000180. The van der Waals surface area contributed by atoms with Crippen molar-refractivity contribution < 1.29 is 65.8 Å². The fraction of sp³-hybridized carbons (Fsp3) is 1.00. The maximum absolute atomic E-state index is 9.79. The topological polar surface area (TPSA) is 54.4 Å². The zero-order valence-electron chi connectivity index (χ0n) is 6.09. The minimum Gasteiger partial charge on any atom is -1.00 e. The predicted octanol–water partition coefficient (Wildman–Crippen LogP) is -2.60. The molecule has 3 nitrogen and oxygen atoms in total. The molecule has 0 radical (unpaired) electrons. The van der Waals surface area contributed by atoms with Gasteiger partial charge in [0.2, 0.25) is 0 Å². The Hall–Kier alpha value is 1.55. The minimum atomic E-state index is -3.67. The van der Waals surface area contributed by atoms with Crippen LogP contribution in [0.4, 0.5) is 0 Å². The van der Waals surface area contributed by atoms with E-state index >= 15 is 0 Å². The molecule has 0 amide bonds. The van der Waals surface area contributed by atoms with Gasteiger partial charge in [-0.3, -0.25) is 4.55 Å². The molecule has 0 fully saturated rings. The van der Waals surface area contributed by atoms with E-state index in [0.717, 1.165) is 0 Å². The Bertz CT molecular complexity index is 132. The van der Waals surface area contributed by atoms with Crippen molar-refractivity contribution in [2.45, 2.75) is 13.3 Å². The summed E-state index contributed by atoms with van der Waals surface area (Å²) in [6.45, 7) is 1.69. The van der Waals surface area contributed by atoms with Crippen LogP contribution in [-0.2, 0) is 10.1 Å². The van der Waals surface area contributed by atoms with Gasteiger partial charge in [0, 0.05) is 0 Å². The number of hydrogen-bond donors (Lipinski definition) is 1. The molecule has 0 spiro atoms. The molecule has 0 aliphatic carbocycles. The van der Waals surface area contributed by atoms with Crippen molar-refractivity contribution in [2.75, 3.05) is 5.75 Å². The van der Waals surface area contributed by atoms with Gasteiger partial charge in [-0.25, -0.2) is 0 Å². The molecule has 0 atom stereocenters. The molecule has 0 aliphatic rings. The van der Waals surface area contributed by atoms with Gasteiger partial charge < -0.3 is 1.43 Å². The molecule has 0 saturated heterocycles. The van der Waals surface area contributed by atoms with Gasteiger partial charge in [-0.05, 0) is 6.42 Å². The molecular weight excluding hydrogens is 155 g/mol. The van der Waals surface area contributed by atoms with Gasteiger partial charge in [-0.1, -0.05) is 6.92 Å². The average Bonchev–Trinajstić information content (AvgIpc) is 1.30. The smallest absolute Gasteiger partial charge is 1.00 e. The molecule has 0 rings (SSSR count).